The topological polar surface area (TPSA) is 52.6 Å². The van der Waals surface area contributed by atoms with Gasteiger partial charge in [-0.25, -0.2) is 4.79 Å². The molecule has 0 aliphatic carbocycles. The lowest BCUT2D eigenvalue weighted by atomic mass is 10.0. The predicted octanol–water partition coefficient (Wildman–Crippen LogP) is 6.25. The Hall–Kier alpha value is -3.96. The fourth-order valence-electron chi connectivity index (χ4n) is 3.34. The quantitative estimate of drug-likeness (QED) is 0.221. The highest BCUT2D eigenvalue weighted by molar-refractivity contribution is 7.12. The summed E-state index contributed by atoms with van der Waals surface area (Å²) in [4.78, 5) is 25.4. The van der Waals surface area contributed by atoms with Crippen molar-refractivity contribution in [2.75, 3.05) is 0 Å². The molecule has 150 valence electrons. The summed E-state index contributed by atoms with van der Waals surface area (Å²) in [6.45, 7) is 0. The summed E-state index contributed by atoms with van der Waals surface area (Å²) in [5.41, 5.74) is 3.54. The number of fused-ring (bicyclic) bond motifs is 1. The molecule has 1 aromatic heterocycles. The Labute approximate surface area is 183 Å². The zero-order valence-corrected chi connectivity index (χ0v) is 17.1. The molecule has 5 heteroatoms. The van der Waals surface area contributed by atoms with Crippen LogP contribution in [0.25, 0.3) is 17.2 Å². The Morgan fingerprint density at radius 3 is 2.39 bits per heavy atom. The molecular formula is C26H16O4S. The molecule has 0 fully saturated rings. The fraction of sp³-hybridized carbons (Fsp3) is 0. The normalized spacial score (nSPS) is 13.7. The summed E-state index contributed by atoms with van der Waals surface area (Å²) in [7, 11) is 0. The summed E-state index contributed by atoms with van der Waals surface area (Å²) >= 11 is 1.31. The SMILES string of the molecule is O=C(Oc1ccc2c(c1)OC(=Cc1ccc(-c3ccccc3)cc1)C2=O)c1cccs1. The van der Waals surface area contributed by atoms with Gasteiger partial charge in [0.05, 0.1) is 5.56 Å². The molecule has 0 spiro atoms. The van der Waals surface area contributed by atoms with Crippen LogP contribution in [-0.4, -0.2) is 11.8 Å². The summed E-state index contributed by atoms with van der Waals surface area (Å²) in [6, 6.07) is 26.3. The molecule has 31 heavy (non-hydrogen) atoms. The van der Waals surface area contributed by atoms with Gasteiger partial charge in [-0.15, -0.1) is 11.3 Å². The van der Waals surface area contributed by atoms with E-state index in [1.165, 1.54) is 11.3 Å². The molecule has 0 unspecified atom stereocenters. The Morgan fingerprint density at radius 2 is 1.65 bits per heavy atom. The van der Waals surface area contributed by atoms with Gasteiger partial charge in [0, 0.05) is 6.07 Å². The zero-order valence-electron chi connectivity index (χ0n) is 16.3. The van der Waals surface area contributed by atoms with Gasteiger partial charge in [-0.1, -0.05) is 60.7 Å². The van der Waals surface area contributed by atoms with Crippen LogP contribution in [0.2, 0.25) is 0 Å². The lowest BCUT2D eigenvalue weighted by Gasteiger charge is -2.04. The third-order valence-corrected chi connectivity index (χ3v) is 5.74. The van der Waals surface area contributed by atoms with Crippen LogP contribution in [0.5, 0.6) is 11.5 Å². The molecule has 1 aliphatic heterocycles. The number of allylic oxidation sites excluding steroid dienone is 1. The van der Waals surface area contributed by atoms with E-state index in [1.807, 2.05) is 47.8 Å². The van der Waals surface area contributed by atoms with E-state index in [4.69, 9.17) is 9.47 Å². The van der Waals surface area contributed by atoms with Gasteiger partial charge < -0.3 is 9.47 Å². The Balaban J connectivity index is 1.34. The third kappa shape index (κ3) is 3.91. The number of carbonyl (C=O) groups excluding carboxylic acids is 2. The van der Waals surface area contributed by atoms with Gasteiger partial charge in [0.2, 0.25) is 5.78 Å². The number of carbonyl (C=O) groups is 2. The lowest BCUT2D eigenvalue weighted by molar-refractivity contribution is 0.0739. The summed E-state index contributed by atoms with van der Waals surface area (Å²) in [6.07, 6.45) is 1.72. The van der Waals surface area contributed by atoms with Gasteiger partial charge in [0.15, 0.2) is 5.76 Å². The highest BCUT2D eigenvalue weighted by Gasteiger charge is 2.28. The first-order valence-corrected chi connectivity index (χ1v) is 10.5. The molecule has 0 N–H and O–H groups in total. The molecule has 0 amide bonds. The van der Waals surface area contributed by atoms with Crippen LogP contribution in [0.4, 0.5) is 0 Å². The van der Waals surface area contributed by atoms with Gasteiger partial charge in [-0.2, -0.15) is 0 Å². The second-order valence-electron chi connectivity index (χ2n) is 6.95. The van der Waals surface area contributed by atoms with Crippen molar-refractivity contribution in [1.82, 2.24) is 0 Å². The van der Waals surface area contributed by atoms with Gasteiger partial charge in [-0.3, -0.25) is 4.79 Å². The molecule has 0 radical (unpaired) electrons. The standard InChI is InChI=1S/C26H16O4S/c27-25-21-13-12-20(29-26(28)24-7-4-14-31-24)16-22(21)30-23(25)15-17-8-10-19(11-9-17)18-5-2-1-3-6-18/h1-16H. The molecule has 0 saturated heterocycles. The van der Waals surface area contributed by atoms with Crippen molar-refractivity contribution in [2.45, 2.75) is 0 Å². The summed E-state index contributed by atoms with van der Waals surface area (Å²) in [5.74, 6) is 0.322. The van der Waals surface area contributed by atoms with Gasteiger partial charge in [-0.05, 0) is 46.3 Å². The Bertz CT molecular complexity index is 1290. The van der Waals surface area contributed by atoms with Gasteiger partial charge in [0.25, 0.3) is 0 Å². The number of thiophene rings is 1. The smallest absolute Gasteiger partial charge is 0.353 e. The van der Waals surface area contributed by atoms with Crippen LogP contribution in [-0.2, 0) is 0 Å². The summed E-state index contributed by atoms with van der Waals surface area (Å²) < 4.78 is 11.2. The van der Waals surface area contributed by atoms with Crippen molar-refractivity contribution in [1.29, 1.82) is 0 Å². The number of benzene rings is 3. The van der Waals surface area contributed by atoms with Crippen LogP contribution >= 0.6 is 11.3 Å². The largest absolute Gasteiger partial charge is 0.452 e. The average Bonchev–Trinajstić information content (AvgIpc) is 3.44. The number of ether oxygens (including phenoxy) is 2. The van der Waals surface area contributed by atoms with E-state index in [1.54, 1.807) is 36.4 Å². The third-order valence-electron chi connectivity index (χ3n) is 4.89. The molecule has 4 nitrogen and oxygen atoms in total. The Morgan fingerprint density at radius 1 is 0.871 bits per heavy atom. The minimum absolute atomic E-state index is 0.196. The Kier molecular flexibility index (Phi) is 4.94. The first kappa shape index (κ1) is 19.0. The van der Waals surface area contributed by atoms with Gasteiger partial charge >= 0.3 is 5.97 Å². The second-order valence-corrected chi connectivity index (χ2v) is 7.90. The van der Waals surface area contributed by atoms with Crippen LogP contribution in [0, 0.1) is 0 Å². The highest BCUT2D eigenvalue weighted by atomic mass is 32.1. The van der Waals surface area contributed by atoms with Crippen molar-refractivity contribution in [2.24, 2.45) is 0 Å². The highest BCUT2D eigenvalue weighted by Crippen LogP contribution is 2.35. The zero-order chi connectivity index (χ0) is 21.2. The van der Waals surface area contributed by atoms with Crippen molar-refractivity contribution in [3.63, 3.8) is 0 Å². The van der Waals surface area contributed by atoms with Gasteiger partial charge in [0.1, 0.15) is 16.4 Å². The maximum absolute atomic E-state index is 12.7. The molecule has 5 rings (SSSR count). The number of hydrogen-bond donors (Lipinski definition) is 0. The van der Waals surface area contributed by atoms with Crippen molar-refractivity contribution >= 4 is 29.2 Å². The number of rotatable bonds is 4. The minimum Gasteiger partial charge on any atom is -0.452 e. The van der Waals surface area contributed by atoms with E-state index in [-0.39, 0.29) is 11.5 Å². The molecular weight excluding hydrogens is 408 g/mol. The maximum Gasteiger partial charge on any atom is 0.353 e. The van der Waals surface area contributed by atoms with Crippen molar-refractivity contribution < 1.29 is 19.1 Å². The van der Waals surface area contributed by atoms with E-state index < -0.39 is 5.97 Å². The predicted molar refractivity (Wildman–Crippen MR) is 121 cm³/mol. The molecule has 3 aromatic carbocycles. The fourth-order valence-corrected chi connectivity index (χ4v) is 3.94. The lowest BCUT2D eigenvalue weighted by Crippen LogP contribution is -2.06. The van der Waals surface area contributed by atoms with Crippen LogP contribution in [0.1, 0.15) is 25.6 Å². The molecule has 0 saturated carbocycles. The van der Waals surface area contributed by atoms with E-state index in [2.05, 4.69) is 12.1 Å². The van der Waals surface area contributed by atoms with Crippen LogP contribution in [0.15, 0.2) is 96.1 Å². The number of Topliss-reactive ketones (excluding diaryl/α,β-unsaturated/α-hetero) is 1. The molecule has 0 bridgehead atoms. The van der Waals surface area contributed by atoms with Crippen molar-refractivity contribution in [3.05, 3.63) is 112 Å². The van der Waals surface area contributed by atoms with Crippen LogP contribution in [0.3, 0.4) is 0 Å². The van der Waals surface area contributed by atoms with Crippen LogP contribution < -0.4 is 9.47 Å². The van der Waals surface area contributed by atoms with E-state index in [9.17, 15) is 9.59 Å². The van der Waals surface area contributed by atoms with E-state index in [0.717, 1.165) is 16.7 Å². The maximum atomic E-state index is 12.7. The molecule has 0 atom stereocenters. The molecule has 1 aliphatic rings. The summed E-state index contributed by atoms with van der Waals surface area (Å²) in [5, 5.41) is 1.81. The monoisotopic (exact) mass is 424 g/mol. The first-order chi connectivity index (χ1) is 15.2. The van der Waals surface area contributed by atoms with Crippen molar-refractivity contribution in [3.8, 4) is 22.6 Å². The number of esters is 1. The number of ketones is 1. The van der Waals surface area contributed by atoms with E-state index >= 15 is 0 Å². The molecule has 4 aromatic rings. The average molecular weight is 424 g/mol. The minimum atomic E-state index is -0.437. The number of hydrogen-bond acceptors (Lipinski definition) is 5. The first-order valence-electron chi connectivity index (χ1n) is 9.67. The van der Waals surface area contributed by atoms with E-state index in [0.29, 0.717) is 21.9 Å². The second kappa shape index (κ2) is 8.05. The molecule has 2 heterocycles.